The Morgan fingerprint density at radius 3 is 2.21 bits per heavy atom. The highest BCUT2D eigenvalue weighted by molar-refractivity contribution is 7.92. The number of benzene rings is 4. The van der Waals surface area contributed by atoms with Gasteiger partial charge in [0, 0.05) is 5.69 Å². The number of ether oxygens (including phenoxy) is 1. The van der Waals surface area contributed by atoms with E-state index in [1.165, 1.54) is 0 Å². The number of aryl methyl sites for hydroxylation is 1. The zero-order valence-electron chi connectivity index (χ0n) is 16.2. The molecule has 0 aliphatic carbocycles. The Morgan fingerprint density at radius 2 is 1.45 bits per heavy atom. The largest absolute Gasteiger partial charge is 0.497 e. The van der Waals surface area contributed by atoms with Crippen molar-refractivity contribution in [2.45, 2.75) is 11.8 Å². The van der Waals surface area contributed by atoms with E-state index in [0.717, 1.165) is 33.2 Å². The molecule has 4 rings (SSSR count). The summed E-state index contributed by atoms with van der Waals surface area (Å²) >= 11 is 0. The Kier molecular flexibility index (Phi) is 4.99. The number of nitrogens with one attached hydrogen (secondary N) is 1. The van der Waals surface area contributed by atoms with Crippen molar-refractivity contribution < 1.29 is 13.2 Å². The number of sulfonamides is 1. The highest BCUT2D eigenvalue weighted by Crippen LogP contribution is 2.29. The quantitative estimate of drug-likeness (QED) is 0.470. The van der Waals surface area contributed by atoms with Gasteiger partial charge in [-0.2, -0.15) is 0 Å². The molecule has 0 fully saturated rings. The molecule has 0 bridgehead atoms. The predicted molar refractivity (Wildman–Crippen MR) is 118 cm³/mol. The zero-order chi connectivity index (χ0) is 20.4. The highest BCUT2D eigenvalue weighted by atomic mass is 32.2. The van der Waals surface area contributed by atoms with Gasteiger partial charge in [-0.3, -0.25) is 4.72 Å². The summed E-state index contributed by atoms with van der Waals surface area (Å²) in [5.74, 6) is 0.817. The zero-order valence-corrected chi connectivity index (χ0v) is 17.0. The summed E-state index contributed by atoms with van der Waals surface area (Å²) in [6.07, 6.45) is 0. The van der Waals surface area contributed by atoms with Gasteiger partial charge >= 0.3 is 0 Å². The Hall–Kier alpha value is -3.31. The van der Waals surface area contributed by atoms with Crippen molar-refractivity contribution in [1.82, 2.24) is 0 Å². The first-order chi connectivity index (χ1) is 13.9. The lowest BCUT2D eigenvalue weighted by Gasteiger charge is -2.11. The maximum Gasteiger partial charge on any atom is 0.261 e. The van der Waals surface area contributed by atoms with Crippen molar-refractivity contribution in [3.63, 3.8) is 0 Å². The number of rotatable bonds is 5. The Labute approximate surface area is 170 Å². The van der Waals surface area contributed by atoms with E-state index in [-0.39, 0.29) is 4.90 Å². The first kappa shape index (κ1) is 19.0. The van der Waals surface area contributed by atoms with Crippen molar-refractivity contribution in [2.24, 2.45) is 0 Å². The van der Waals surface area contributed by atoms with Crippen molar-refractivity contribution >= 4 is 26.5 Å². The van der Waals surface area contributed by atoms with Crippen molar-refractivity contribution in [1.29, 1.82) is 0 Å². The lowest BCUT2D eigenvalue weighted by atomic mass is 10.0. The van der Waals surface area contributed by atoms with Crippen LogP contribution in [0.25, 0.3) is 21.9 Å². The van der Waals surface area contributed by atoms with E-state index in [0.29, 0.717) is 5.69 Å². The summed E-state index contributed by atoms with van der Waals surface area (Å²) in [6, 6.07) is 26.3. The molecule has 0 aliphatic heterocycles. The molecule has 0 aliphatic rings. The van der Waals surface area contributed by atoms with E-state index in [4.69, 9.17) is 4.74 Å². The number of hydrogen-bond donors (Lipinski definition) is 1. The van der Waals surface area contributed by atoms with Gasteiger partial charge in [-0.15, -0.1) is 0 Å². The number of hydrogen-bond acceptors (Lipinski definition) is 3. The van der Waals surface area contributed by atoms with Crippen LogP contribution in [-0.2, 0) is 10.0 Å². The minimum absolute atomic E-state index is 0.244. The van der Waals surface area contributed by atoms with Gasteiger partial charge in [-0.1, -0.05) is 48.0 Å². The van der Waals surface area contributed by atoms with Gasteiger partial charge < -0.3 is 4.74 Å². The Balaban J connectivity index is 1.65. The number of methoxy groups -OCH3 is 1. The topological polar surface area (TPSA) is 55.4 Å². The molecule has 4 nitrogen and oxygen atoms in total. The van der Waals surface area contributed by atoms with E-state index in [1.807, 2.05) is 55.5 Å². The SMILES string of the molecule is COc1ccc2cc(-c3cccc(NS(=O)(=O)c4ccc(C)cc4)c3)ccc2c1. The first-order valence-corrected chi connectivity index (χ1v) is 10.7. The molecule has 0 radical (unpaired) electrons. The van der Waals surface area contributed by atoms with E-state index in [2.05, 4.69) is 10.8 Å². The molecule has 0 aromatic heterocycles. The lowest BCUT2D eigenvalue weighted by molar-refractivity contribution is 0.415. The summed E-state index contributed by atoms with van der Waals surface area (Å²) in [7, 11) is -1.98. The molecule has 1 N–H and O–H groups in total. The Morgan fingerprint density at radius 1 is 0.759 bits per heavy atom. The van der Waals surface area contributed by atoms with Crippen LogP contribution in [0.3, 0.4) is 0 Å². The normalized spacial score (nSPS) is 11.4. The van der Waals surface area contributed by atoms with Crippen LogP contribution in [-0.4, -0.2) is 15.5 Å². The molecule has 146 valence electrons. The first-order valence-electron chi connectivity index (χ1n) is 9.22. The molecule has 0 unspecified atom stereocenters. The number of anilines is 1. The molecular formula is C24H21NO3S. The van der Waals surface area contributed by atoms with Gasteiger partial charge in [0.2, 0.25) is 0 Å². The third-order valence-corrected chi connectivity index (χ3v) is 6.22. The lowest BCUT2D eigenvalue weighted by Crippen LogP contribution is -2.12. The monoisotopic (exact) mass is 403 g/mol. The van der Waals surface area contributed by atoms with E-state index in [1.54, 1.807) is 37.4 Å². The van der Waals surface area contributed by atoms with Crippen LogP contribution in [0.5, 0.6) is 5.75 Å². The molecular weight excluding hydrogens is 382 g/mol. The standard InChI is InChI=1S/C24H21NO3S/c1-17-6-12-24(13-7-17)29(26,27)25-22-5-3-4-18(15-22)19-8-9-21-16-23(28-2)11-10-20(21)14-19/h3-16,25H,1-2H3. The van der Waals surface area contributed by atoms with Crippen LogP contribution in [0.15, 0.2) is 89.8 Å². The van der Waals surface area contributed by atoms with Crippen LogP contribution in [0.4, 0.5) is 5.69 Å². The summed E-state index contributed by atoms with van der Waals surface area (Å²) < 4.78 is 33.3. The van der Waals surface area contributed by atoms with Crippen LogP contribution in [0, 0.1) is 6.92 Å². The third-order valence-electron chi connectivity index (χ3n) is 4.83. The van der Waals surface area contributed by atoms with Crippen LogP contribution < -0.4 is 9.46 Å². The maximum absolute atomic E-state index is 12.7. The van der Waals surface area contributed by atoms with Gasteiger partial charge in [0.1, 0.15) is 5.75 Å². The second kappa shape index (κ2) is 7.60. The molecule has 0 saturated carbocycles. The molecule has 0 amide bonds. The van der Waals surface area contributed by atoms with Gasteiger partial charge in [-0.25, -0.2) is 8.42 Å². The summed E-state index contributed by atoms with van der Waals surface area (Å²) in [5.41, 5.74) is 3.49. The minimum Gasteiger partial charge on any atom is -0.497 e. The van der Waals surface area contributed by atoms with Gasteiger partial charge in [-0.05, 0) is 71.3 Å². The molecule has 4 aromatic carbocycles. The fraction of sp³-hybridized carbons (Fsp3) is 0.0833. The van der Waals surface area contributed by atoms with Gasteiger partial charge in [0.05, 0.1) is 12.0 Å². The van der Waals surface area contributed by atoms with Gasteiger partial charge in [0.25, 0.3) is 10.0 Å². The molecule has 4 aromatic rings. The van der Waals surface area contributed by atoms with Crippen LogP contribution >= 0.6 is 0 Å². The molecule has 0 heterocycles. The molecule has 0 atom stereocenters. The van der Waals surface area contributed by atoms with Crippen molar-refractivity contribution in [3.05, 3.63) is 90.5 Å². The number of fused-ring (bicyclic) bond motifs is 1. The van der Waals surface area contributed by atoms with E-state index < -0.39 is 10.0 Å². The fourth-order valence-corrected chi connectivity index (χ4v) is 4.27. The fourth-order valence-electron chi connectivity index (χ4n) is 3.22. The van der Waals surface area contributed by atoms with Crippen LogP contribution in [0.2, 0.25) is 0 Å². The predicted octanol–water partition coefficient (Wildman–Crippen LogP) is 5.62. The maximum atomic E-state index is 12.7. The molecule has 5 heteroatoms. The highest BCUT2D eigenvalue weighted by Gasteiger charge is 2.14. The average molecular weight is 404 g/mol. The van der Waals surface area contributed by atoms with Crippen LogP contribution in [0.1, 0.15) is 5.56 Å². The second-order valence-corrected chi connectivity index (χ2v) is 8.61. The summed E-state index contributed by atoms with van der Waals surface area (Å²) in [6.45, 7) is 1.92. The van der Waals surface area contributed by atoms with E-state index >= 15 is 0 Å². The van der Waals surface area contributed by atoms with Crippen molar-refractivity contribution in [3.8, 4) is 16.9 Å². The Bertz CT molecular complexity index is 1280. The van der Waals surface area contributed by atoms with Gasteiger partial charge in [0.15, 0.2) is 0 Å². The average Bonchev–Trinajstić information content (AvgIpc) is 2.73. The smallest absolute Gasteiger partial charge is 0.261 e. The molecule has 0 saturated heterocycles. The van der Waals surface area contributed by atoms with Crippen molar-refractivity contribution in [2.75, 3.05) is 11.8 Å². The summed E-state index contributed by atoms with van der Waals surface area (Å²) in [4.78, 5) is 0.244. The molecule has 29 heavy (non-hydrogen) atoms. The molecule has 0 spiro atoms. The second-order valence-electron chi connectivity index (χ2n) is 6.93. The minimum atomic E-state index is -3.64. The van der Waals surface area contributed by atoms with E-state index in [9.17, 15) is 8.42 Å². The summed E-state index contributed by atoms with van der Waals surface area (Å²) in [5, 5.41) is 2.18. The third kappa shape index (κ3) is 4.10.